The molecule has 1 aliphatic carbocycles. The third-order valence-electron chi connectivity index (χ3n) is 14.3. The first-order valence-electron chi connectivity index (χ1n) is 23.9. The smallest absolute Gasteiger partial charge is 0.329 e. The molecule has 4 aliphatic rings. The monoisotopic (exact) mass is 898 g/mol. The summed E-state index contributed by atoms with van der Waals surface area (Å²) < 4.78 is 23.5. The summed E-state index contributed by atoms with van der Waals surface area (Å²) in [6, 6.07) is -1.12. The predicted molar refractivity (Wildman–Crippen MR) is 244 cm³/mol. The van der Waals surface area contributed by atoms with Crippen molar-refractivity contribution in [3.63, 3.8) is 0 Å². The molecule has 2 saturated heterocycles. The second-order valence-corrected chi connectivity index (χ2v) is 19.7. The van der Waals surface area contributed by atoms with Gasteiger partial charge in [-0.05, 0) is 114 Å². The summed E-state index contributed by atoms with van der Waals surface area (Å²) in [5.74, 6) is -7.61. The zero-order valence-electron chi connectivity index (χ0n) is 40.2. The van der Waals surface area contributed by atoms with Crippen molar-refractivity contribution in [2.45, 2.75) is 181 Å². The van der Waals surface area contributed by atoms with Crippen molar-refractivity contribution in [3.05, 3.63) is 47.6 Å². The number of nitrogens with zero attached hydrogens (tertiary/aromatic N) is 1. The molecule has 4 rings (SSSR count). The van der Waals surface area contributed by atoms with Gasteiger partial charge < -0.3 is 39.2 Å². The van der Waals surface area contributed by atoms with Crippen molar-refractivity contribution in [2.24, 2.45) is 41.4 Å². The minimum absolute atomic E-state index is 0.0573. The molecule has 0 radical (unpaired) electrons. The van der Waals surface area contributed by atoms with Crippen LogP contribution in [-0.2, 0) is 42.9 Å². The van der Waals surface area contributed by atoms with E-state index < -0.39 is 77.8 Å². The normalized spacial score (nSPS) is 40.4. The highest BCUT2D eigenvalue weighted by Gasteiger charge is 2.52. The summed E-state index contributed by atoms with van der Waals surface area (Å²) in [6.45, 7) is 15.0. The van der Waals surface area contributed by atoms with Crippen LogP contribution < -0.4 is 0 Å². The number of methoxy groups -OCH3 is 2. The number of carbonyl (C=O) groups is 5. The van der Waals surface area contributed by atoms with Crippen LogP contribution in [0.1, 0.15) is 132 Å². The zero-order chi connectivity index (χ0) is 47.5. The van der Waals surface area contributed by atoms with Gasteiger partial charge in [0, 0.05) is 44.9 Å². The van der Waals surface area contributed by atoms with Crippen molar-refractivity contribution >= 4 is 29.2 Å². The fourth-order valence-corrected chi connectivity index (χ4v) is 9.90. The molecule has 15 atom stereocenters. The molecule has 64 heavy (non-hydrogen) atoms. The number of amides is 1. The van der Waals surface area contributed by atoms with Gasteiger partial charge in [0.1, 0.15) is 30.1 Å². The van der Waals surface area contributed by atoms with E-state index in [-0.39, 0.29) is 60.7 Å². The van der Waals surface area contributed by atoms with E-state index in [0.717, 1.165) is 12.0 Å². The molecule has 3 heterocycles. The van der Waals surface area contributed by atoms with Crippen molar-refractivity contribution in [2.75, 3.05) is 20.8 Å². The summed E-state index contributed by atoms with van der Waals surface area (Å²) in [5, 5.41) is 33.7. The van der Waals surface area contributed by atoms with E-state index in [1.165, 1.54) is 12.0 Å². The molecule has 0 aromatic heterocycles. The molecule has 0 aromatic rings. The Morgan fingerprint density at radius 1 is 0.891 bits per heavy atom. The molecule has 360 valence electrons. The number of Topliss-reactive ketones (excluding diaryl/α,β-unsaturated/α-hetero) is 3. The third kappa shape index (κ3) is 14.1. The Hall–Kier alpha value is -3.33. The molecule has 0 spiro atoms. The molecule has 1 amide bonds. The van der Waals surface area contributed by atoms with Gasteiger partial charge in [-0.15, -0.1) is 0 Å². The number of aliphatic hydroxyl groups is 3. The van der Waals surface area contributed by atoms with Crippen LogP contribution in [0, 0.1) is 41.4 Å². The van der Waals surface area contributed by atoms with E-state index in [0.29, 0.717) is 63.4 Å². The summed E-state index contributed by atoms with van der Waals surface area (Å²) >= 11 is 0. The minimum atomic E-state index is -2.38. The maximum atomic E-state index is 14.3. The molecule has 0 aromatic carbocycles. The predicted octanol–water partition coefficient (Wildman–Crippen LogP) is 6.80. The number of ketones is 3. The molecule has 3 N–H and O–H groups in total. The maximum Gasteiger partial charge on any atom is 0.329 e. The van der Waals surface area contributed by atoms with E-state index in [9.17, 15) is 39.3 Å². The number of allylic oxidation sites excluding steroid dienone is 6. The van der Waals surface area contributed by atoms with Gasteiger partial charge in [-0.25, -0.2) is 4.79 Å². The first-order chi connectivity index (χ1) is 30.2. The van der Waals surface area contributed by atoms with Crippen LogP contribution in [0.3, 0.4) is 0 Å². The Bertz CT molecular complexity index is 1740. The second kappa shape index (κ2) is 24.4. The van der Waals surface area contributed by atoms with E-state index in [1.807, 2.05) is 39.8 Å². The van der Waals surface area contributed by atoms with Gasteiger partial charge in [-0.3, -0.25) is 19.2 Å². The Morgan fingerprint density at radius 3 is 2.30 bits per heavy atom. The van der Waals surface area contributed by atoms with Crippen molar-refractivity contribution < 1.29 is 58.2 Å². The van der Waals surface area contributed by atoms with Crippen LogP contribution in [0.4, 0.5) is 0 Å². The number of fused-ring (bicyclic) bond motifs is 3. The van der Waals surface area contributed by atoms with Gasteiger partial charge in [-0.2, -0.15) is 0 Å². The standard InChI is InChI=1S/C51H79NO12/c1-30-14-15-31(2)18-21-39-22-19-37(8)51(60,64-39)48(57)49(58)52-24-12-11-13-40(52)50(59)63-43(34(5)27-38-20-23-41(53)44(28-38)61-9)29-42(54)33(4)26-36(7)46(56)47(62-10)45(55)35(6)25-32(3)17-16-30/h14-18,26,30,32-35,37-41,43-44,46-47,53,56,60H,11-13,19-25,27-29H2,1-10H3/b15-14?,17-16+,31-18+,36-26+/t30?,32-,33-,34-,35-,37-,38?,39?,40?,41-,43+,44-,46-,47+,51-/m1/s1. The van der Waals surface area contributed by atoms with Crippen molar-refractivity contribution in [1.29, 1.82) is 0 Å². The largest absolute Gasteiger partial charge is 0.460 e. The number of esters is 1. The SMILES string of the molecule is CO[C@@H]1CC(C[C@@H](C)[C@@H]2CC(=O)[C@H](C)/C=C(\C)[C@@H](O)[C@@H](OC)C(=O)[C@H](C)C[C@H](C)/C=C/C(C)C=C/C(C)=C/CC3CC[C@@H](C)[C@@](O)(O3)C(=O)C(=O)N3CCCCC3C(=O)O2)CC[C@H]1O. The first-order valence-corrected chi connectivity index (χ1v) is 23.9. The molecule has 13 heteroatoms. The summed E-state index contributed by atoms with van der Waals surface area (Å²) in [6.07, 6.45) is 12.7. The number of ether oxygens (including phenoxy) is 4. The van der Waals surface area contributed by atoms with E-state index in [1.54, 1.807) is 34.0 Å². The highest BCUT2D eigenvalue weighted by Crippen LogP contribution is 2.37. The average Bonchev–Trinajstić information content (AvgIpc) is 3.27. The highest BCUT2D eigenvalue weighted by molar-refractivity contribution is 6.39. The molecular weight excluding hydrogens is 819 g/mol. The molecule has 2 bridgehead atoms. The lowest BCUT2D eigenvalue weighted by molar-refractivity contribution is -0.262. The minimum Gasteiger partial charge on any atom is -0.460 e. The lowest BCUT2D eigenvalue weighted by Gasteiger charge is -2.42. The van der Waals surface area contributed by atoms with Gasteiger partial charge in [-0.1, -0.05) is 83.6 Å². The number of cyclic esters (lactones) is 1. The topological polar surface area (TPSA) is 186 Å². The van der Waals surface area contributed by atoms with Gasteiger partial charge in [0.25, 0.3) is 11.7 Å². The molecular formula is C51H79NO12. The number of piperidine rings is 1. The zero-order valence-corrected chi connectivity index (χ0v) is 40.2. The number of hydrogen-bond acceptors (Lipinski definition) is 12. The molecule has 1 saturated carbocycles. The number of rotatable bonds is 5. The van der Waals surface area contributed by atoms with Crippen LogP contribution in [0.25, 0.3) is 0 Å². The van der Waals surface area contributed by atoms with Crippen molar-refractivity contribution in [3.8, 4) is 0 Å². The summed E-state index contributed by atoms with van der Waals surface area (Å²) in [4.78, 5) is 71.6. The lowest BCUT2D eigenvalue weighted by atomic mass is 9.78. The van der Waals surface area contributed by atoms with Crippen LogP contribution in [0.5, 0.6) is 0 Å². The van der Waals surface area contributed by atoms with Crippen LogP contribution in [0.15, 0.2) is 47.6 Å². The number of hydrogen-bond donors (Lipinski definition) is 3. The molecule has 13 nitrogen and oxygen atoms in total. The first kappa shape index (κ1) is 53.3. The highest BCUT2D eigenvalue weighted by atomic mass is 16.6. The van der Waals surface area contributed by atoms with Gasteiger partial charge in [0.05, 0.1) is 18.3 Å². The van der Waals surface area contributed by atoms with Crippen molar-refractivity contribution in [1.82, 2.24) is 4.90 Å². The fourth-order valence-electron chi connectivity index (χ4n) is 9.90. The fraction of sp³-hybridized carbons (Fsp3) is 0.745. The Morgan fingerprint density at radius 2 is 1.61 bits per heavy atom. The quantitative estimate of drug-likeness (QED) is 0.149. The Kier molecular flexibility index (Phi) is 20.4. The summed E-state index contributed by atoms with van der Waals surface area (Å²) in [5.41, 5.74) is 1.36. The third-order valence-corrected chi connectivity index (χ3v) is 14.3. The van der Waals surface area contributed by atoms with E-state index in [2.05, 4.69) is 25.2 Å². The lowest BCUT2D eigenvalue weighted by Crippen LogP contribution is -2.60. The van der Waals surface area contributed by atoms with Crippen LogP contribution >= 0.6 is 0 Å². The average molecular weight is 898 g/mol. The molecule has 4 unspecified atom stereocenters. The van der Waals surface area contributed by atoms with Crippen LogP contribution in [-0.4, -0.2) is 119 Å². The molecule has 3 aliphatic heterocycles. The van der Waals surface area contributed by atoms with E-state index in [4.69, 9.17) is 18.9 Å². The second-order valence-electron chi connectivity index (χ2n) is 19.7. The van der Waals surface area contributed by atoms with Gasteiger partial charge >= 0.3 is 5.97 Å². The maximum absolute atomic E-state index is 14.3. The van der Waals surface area contributed by atoms with Crippen LogP contribution in [0.2, 0.25) is 0 Å². The van der Waals surface area contributed by atoms with Gasteiger partial charge in [0.2, 0.25) is 5.79 Å². The number of aliphatic hydroxyl groups excluding tert-OH is 2. The number of carbonyl (C=O) groups excluding carboxylic acids is 5. The Labute approximate surface area is 382 Å². The summed E-state index contributed by atoms with van der Waals surface area (Å²) in [7, 11) is 2.96. The molecule has 3 fully saturated rings. The van der Waals surface area contributed by atoms with Gasteiger partial charge in [0.15, 0.2) is 5.78 Å². The van der Waals surface area contributed by atoms with E-state index >= 15 is 0 Å². The Balaban J connectivity index is 1.69.